The van der Waals surface area contributed by atoms with Gasteiger partial charge in [0.1, 0.15) is 0 Å². The molecule has 0 saturated heterocycles. The maximum absolute atomic E-state index is 3.15. The highest BCUT2D eigenvalue weighted by Crippen LogP contribution is 2.02. The molecule has 0 unspecified atom stereocenters. The first-order valence-corrected chi connectivity index (χ1v) is 6.48. The van der Waals surface area contributed by atoms with Crippen molar-refractivity contribution in [1.29, 1.82) is 0 Å². The van der Waals surface area contributed by atoms with Crippen LogP contribution in [0, 0.1) is 18.8 Å². The highest BCUT2D eigenvalue weighted by molar-refractivity contribution is 5.41. The fraction of sp³-hybridized carbons (Fsp3) is 0.333. The molecule has 96 valence electrons. The highest BCUT2D eigenvalue weighted by Gasteiger charge is 1.85. The Morgan fingerprint density at radius 3 is 2.00 bits per heavy atom. The van der Waals surface area contributed by atoms with E-state index in [9.17, 15) is 0 Å². The van der Waals surface area contributed by atoms with E-state index in [-0.39, 0.29) is 0 Å². The molecule has 1 rings (SSSR count). The fourth-order valence-electron chi connectivity index (χ4n) is 1.14. The molecule has 0 saturated carbocycles. The zero-order valence-electron chi connectivity index (χ0n) is 12.5. The summed E-state index contributed by atoms with van der Waals surface area (Å²) in [5.41, 5.74) is 4.70. The predicted molar refractivity (Wildman–Crippen MR) is 82.6 cm³/mol. The minimum atomic E-state index is 1.07. The van der Waals surface area contributed by atoms with Gasteiger partial charge in [-0.3, -0.25) is 0 Å². The van der Waals surface area contributed by atoms with Crippen LogP contribution >= 0.6 is 0 Å². The van der Waals surface area contributed by atoms with Crippen LogP contribution in [-0.2, 0) is 0 Å². The third kappa shape index (κ3) is 7.52. The van der Waals surface area contributed by atoms with Gasteiger partial charge in [-0.1, -0.05) is 61.1 Å². The molecule has 0 amide bonds. The molecule has 0 aliphatic rings. The van der Waals surface area contributed by atoms with Crippen molar-refractivity contribution < 1.29 is 0 Å². The standard InChI is InChI=1S/C16H18.C2H6/c1-13(2)5-6-14(3)7-10-16-11-8-15(4)9-12-16;1-2/h5-6,8-9,11-12H,1-4H3;1-2H3/b14-6+;. The van der Waals surface area contributed by atoms with E-state index in [0.29, 0.717) is 0 Å². The lowest BCUT2D eigenvalue weighted by Crippen LogP contribution is -1.76. The van der Waals surface area contributed by atoms with Gasteiger partial charge in [0.2, 0.25) is 0 Å². The Labute approximate surface area is 112 Å². The van der Waals surface area contributed by atoms with Crippen LogP contribution in [0.4, 0.5) is 0 Å². The van der Waals surface area contributed by atoms with Crippen LogP contribution in [0.15, 0.2) is 47.6 Å². The lowest BCUT2D eigenvalue weighted by molar-refractivity contribution is 1.38. The predicted octanol–water partition coefficient (Wildman–Crippen LogP) is 5.29. The zero-order valence-corrected chi connectivity index (χ0v) is 12.5. The molecule has 0 nitrogen and oxygen atoms in total. The average Bonchev–Trinajstić information content (AvgIpc) is 2.38. The summed E-state index contributed by atoms with van der Waals surface area (Å²) in [5, 5.41) is 0. The number of hydrogen-bond acceptors (Lipinski definition) is 0. The minimum absolute atomic E-state index is 1.07. The first-order valence-electron chi connectivity index (χ1n) is 6.48. The number of allylic oxidation sites excluding steroid dienone is 4. The van der Waals surface area contributed by atoms with E-state index in [4.69, 9.17) is 0 Å². The van der Waals surface area contributed by atoms with Crippen molar-refractivity contribution in [1.82, 2.24) is 0 Å². The third-order valence-corrected chi connectivity index (χ3v) is 2.12. The molecule has 0 aromatic heterocycles. The largest absolute Gasteiger partial charge is 0.0764 e. The topological polar surface area (TPSA) is 0 Å². The lowest BCUT2D eigenvalue weighted by Gasteiger charge is -1.91. The normalized spacial score (nSPS) is 9.56. The van der Waals surface area contributed by atoms with Crippen molar-refractivity contribution in [3.63, 3.8) is 0 Å². The number of aryl methyl sites for hydroxylation is 1. The molecule has 18 heavy (non-hydrogen) atoms. The highest BCUT2D eigenvalue weighted by atomic mass is 13.9. The van der Waals surface area contributed by atoms with Crippen LogP contribution in [-0.4, -0.2) is 0 Å². The molecule has 0 aliphatic carbocycles. The second-order valence-corrected chi connectivity index (χ2v) is 4.21. The van der Waals surface area contributed by atoms with E-state index in [1.54, 1.807) is 0 Å². The Morgan fingerprint density at radius 2 is 1.50 bits per heavy atom. The van der Waals surface area contributed by atoms with E-state index >= 15 is 0 Å². The minimum Gasteiger partial charge on any atom is -0.0764 e. The summed E-state index contributed by atoms with van der Waals surface area (Å²) in [6.07, 6.45) is 4.13. The van der Waals surface area contributed by atoms with Crippen molar-refractivity contribution in [3.8, 4) is 11.8 Å². The molecule has 0 heteroatoms. The first-order chi connectivity index (χ1) is 8.58. The third-order valence-electron chi connectivity index (χ3n) is 2.12. The monoisotopic (exact) mass is 240 g/mol. The van der Waals surface area contributed by atoms with Crippen molar-refractivity contribution in [2.75, 3.05) is 0 Å². The Balaban J connectivity index is 0.00000137. The quantitative estimate of drug-likeness (QED) is 0.462. The molecular weight excluding hydrogens is 216 g/mol. The molecular formula is C18H24. The summed E-state index contributed by atoms with van der Waals surface area (Å²) in [5.74, 6) is 6.29. The summed E-state index contributed by atoms with van der Waals surface area (Å²) in [6.45, 7) is 12.3. The van der Waals surface area contributed by atoms with Gasteiger partial charge in [-0.25, -0.2) is 0 Å². The van der Waals surface area contributed by atoms with Gasteiger partial charge >= 0.3 is 0 Å². The van der Waals surface area contributed by atoms with Crippen molar-refractivity contribution >= 4 is 0 Å². The van der Waals surface area contributed by atoms with E-state index < -0.39 is 0 Å². The first kappa shape index (κ1) is 16.3. The summed E-state index contributed by atoms with van der Waals surface area (Å²) in [7, 11) is 0. The molecule has 0 N–H and O–H groups in total. The van der Waals surface area contributed by atoms with Gasteiger partial charge in [-0.05, 0) is 45.4 Å². The Hall–Kier alpha value is -1.74. The molecule has 0 radical (unpaired) electrons. The molecule has 0 aliphatic heterocycles. The second-order valence-electron chi connectivity index (χ2n) is 4.21. The summed E-state index contributed by atoms with van der Waals surface area (Å²) in [6, 6.07) is 8.27. The molecule has 1 aromatic carbocycles. The molecule has 0 heterocycles. The van der Waals surface area contributed by atoms with Crippen molar-refractivity contribution in [2.24, 2.45) is 0 Å². The van der Waals surface area contributed by atoms with Crippen molar-refractivity contribution in [2.45, 2.75) is 41.5 Å². The van der Waals surface area contributed by atoms with E-state index in [0.717, 1.165) is 11.1 Å². The van der Waals surface area contributed by atoms with Crippen LogP contribution in [0.1, 0.15) is 45.7 Å². The van der Waals surface area contributed by atoms with Gasteiger partial charge in [0.15, 0.2) is 0 Å². The van der Waals surface area contributed by atoms with Gasteiger partial charge in [-0.15, -0.1) is 0 Å². The maximum atomic E-state index is 3.15. The van der Waals surface area contributed by atoms with Crippen LogP contribution in [0.3, 0.4) is 0 Å². The van der Waals surface area contributed by atoms with Crippen molar-refractivity contribution in [3.05, 3.63) is 58.7 Å². The van der Waals surface area contributed by atoms with Gasteiger partial charge in [-0.2, -0.15) is 0 Å². The van der Waals surface area contributed by atoms with Gasteiger partial charge in [0.05, 0.1) is 0 Å². The number of hydrogen-bond donors (Lipinski definition) is 0. The van der Waals surface area contributed by atoms with Gasteiger partial charge in [0.25, 0.3) is 0 Å². The molecule has 0 bridgehead atoms. The SMILES string of the molecule is CC.CC(C)=C/C=C(\C)C#Cc1ccc(C)cc1. The molecule has 0 atom stereocenters. The Kier molecular flexibility index (Phi) is 8.41. The zero-order chi connectivity index (χ0) is 14.0. The second kappa shape index (κ2) is 9.31. The lowest BCUT2D eigenvalue weighted by atomic mass is 10.1. The smallest absolute Gasteiger partial charge is 0.0249 e. The summed E-state index contributed by atoms with van der Waals surface area (Å²) >= 11 is 0. The van der Waals surface area contributed by atoms with Gasteiger partial charge in [0, 0.05) is 5.56 Å². The van der Waals surface area contributed by atoms with Crippen LogP contribution in [0.25, 0.3) is 0 Å². The van der Waals surface area contributed by atoms with Crippen LogP contribution in [0.2, 0.25) is 0 Å². The molecule has 1 aromatic rings. The van der Waals surface area contributed by atoms with Crippen LogP contribution < -0.4 is 0 Å². The summed E-state index contributed by atoms with van der Waals surface area (Å²) in [4.78, 5) is 0. The maximum Gasteiger partial charge on any atom is 0.0249 e. The Morgan fingerprint density at radius 1 is 0.944 bits per heavy atom. The van der Waals surface area contributed by atoms with E-state index in [1.165, 1.54) is 11.1 Å². The Bertz CT molecular complexity index is 455. The molecule has 0 fully saturated rings. The number of benzene rings is 1. The van der Waals surface area contributed by atoms with Crippen LogP contribution in [0.5, 0.6) is 0 Å². The fourth-order valence-corrected chi connectivity index (χ4v) is 1.14. The van der Waals surface area contributed by atoms with Gasteiger partial charge < -0.3 is 0 Å². The van der Waals surface area contributed by atoms with E-state index in [1.807, 2.05) is 20.8 Å². The molecule has 0 spiro atoms. The average molecular weight is 240 g/mol. The number of rotatable bonds is 1. The van der Waals surface area contributed by atoms with E-state index in [2.05, 4.69) is 69.0 Å². The summed E-state index contributed by atoms with van der Waals surface area (Å²) < 4.78 is 0.